The van der Waals surface area contributed by atoms with Crippen LogP contribution in [0.1, 0.15) is 28.4 Å². The molecule has 2 aromatic carbocycles. The first-order chi connectivity index (χ1) is 10.4. The molecule has 0 aliphatic carbocycles. The number of nitrogens with two attached hydrogens (primary N) is 2. The summed E-state index contributed by atoms with van der Waals surface area (Å²) >= 11 is 0. The molecular formula is C16H16N4O2. The zero-order valence-electron chi connectivity index (χ0n) is 12.0. The highest BCUT2D eigenvalue weighted by molar-refractivity contribution is 6.15. The van der Waals surface area contributed by atoms with Gasteiger partial charge in [0.05, 0.1) is 5.71 Å². The molecule has 0 saturated heterocycles. The van der Waals surface area contributed by atoms with Gasteiger partial charge >= 0.3 is 0 Å². The summed E-state index contributed by atoms with van der Waals surface area (Å²) in [6.07, 6.45) is 0. The first kappa shape index (κ1) is 15.2. The van der Waals surface area contributed by atoms with Crippen molar-refractivity contribution in [3.63, 3.8) is 0 Å². The molecule has 0 saturated carbocycles. The second kappa shape index (κ2) is 6.09. The van der Waals surface area contributed by atoms with Crippen molar-refractivity contribution in [2.45, 2.75) is 6.92 Å². The van der Waals surface area contributed by atoms with Gasteiger partial charge in [-0.2, -0.15) is 0 Å². The number of anilines is 2. The summed E-state index contributed by atoms with van der Waals surface area (Å²) in [4.78, 5) is 22.4. The maximum atomic E-state index is 11.3. The van der Waals surface area contributed by atoms with Gasteiger partial charge in [-0.1, -0.05) is 12.1 Å². The minimum Gasteiger partial charge on any atom is -0.398 e. The lowest BCUT2D eigenvalue weighted by molar-refractivity contribution is -0.114. The van der Waals surface area contributed by atoms with Crippen molar-refractivity contribution in [1.29, 1.82) is 5.41 Å². The largest absolute Gasteiger partial charge is 0.398 e. The molecule has 2 rings (SSSR count). The van der Waals surface area contributed by atoms with Crippen LogP contribution in [-0.4, -0.2) is 17.5 Å². The van der Waals surface area contributed by atoms with Gasteiger partial charge in [0.25, 0.3) is 0 Å². The lowest BCUT2D eigenvalue weighted by atomic mass is 9.98. The Morgan fingerprint density at radius 1 is 1.09 bits per heavy atom. The predicted molar refractivity (Wildman–Crippen MR) is 86.0 cm³/mol. The number of rotatable bonds is 4. The highest BCUT2D eigenvalue weighted by Gasteiger charge is 2.12. The van der Waals surface area contributed by atoms with E-state index in [1.54, 1.807) is 30.3 Å². The van der Waals surface area contributed by atoms with Gasteiger partial charge in [-0.3, -0.25) is 15.0 Å². The Balaban J connectivity index is 2.41. The van der Waals surface area contributed by atoms with Gasteiger partial charge in [-0.15, -0.1) is 0 Å². The summed E-state index contributed by atoms with van der Waals surface area (Å²) in [5.74, 6) is -0.778. The van der Waals surface area contributed by atoms with Crippen LogP contribution in [0.4, 0.5) is 11.4 Å². The average molecular weight is 296 g/mol. The number of benzene rings is 2. The minimum atomic E-state index is -0.582. The number of amides is 2. The molecule has 0 aliphatic heterocycles. The number of primary amides is 1. The molecule has 0 radical (unpaired) electrons. The summed E-state index contributed by atoms with van der Waals surface area (Å²) in [5.41, 5.74) is 13.5. The molecule has 0 unspecified atom stereocenters. The topological polar surface area (TPSA) is 122 Å². The summed E-state index contributed by atoms with van der Waals surface area (Å²) in [5, 5.41) is 10.9. The Bertz CT molecular complexity index is 768. The van der Waals surface area contributed by atoms with Gasteiger partial charge in [-0.05, 0) is 30.3 Å². The van der Waals surface area contributed by atoms with E-state index in [4.69, 9.17) is 16.9 Å². The number of hydrogen-bond donors (Lipinski definition) is 4. The lowest BCUT2D eigenvalue weighted by Gasteiger charge is -2.11. The molecule has 6 nitrogen and oxygen atoms in total. The summed E-state index contributed by atoms with van der Waals surface area (Å²) in [7, 11) is 0. The normalized spacial score (nSPS) is 10.0. The van der Waals surface area contributed by atoms with Crippen molar-refractivity contribution in [2.75, 3.05) is 11.1 Å². The second-order valence-corrected chi connectivity index (χ2v) is 4.80. The van der Waals surface area contributed by atoms with Gasteiger partial charge < -0.3 is 16.8 Å². The average Bonchev–Trinajstić information content (AvgIpc) is 2.46. The Labute approximate surface area is 127 Å². The number of carbonyl (C=O) groups excluding carboxylic acids is 2. The van der Waals surface area contributed by atoms with E-state index in [0.29, 0.717) is 22.5 Å². The van der Waals surface area contributed by atoms with Gasteiger partial charge in [0.15, 0.2) is 0 Å². The van der Waals surface area contributed by atoms with Crippen LogP contribution >= 0.6 is 0 Å². The molecule has 0 heterocycles. The molecule has 2 amide bonds. The monoisotopic (exact) mass is 296 g/mol. The van der Waals surface area contributed by atoms with E-state index in [2.05, 4.69) is 5.32 Å². The smallest absolute Gasteiger partial charge is 0.248 e. The van der Waals surface area contributed by atoms with Crippen LogP contribution in [0.3, 0.4) is 0 Å². The highest BCUT2D eigenvalue weighted by Crippen LogP contribution is 2.20. The lowest BCUT2D eigenvalue weighted by Crippen LogP contribution is -2.14. The number of nitrogens with one attached hydrogen (secondary N) is 2. The third-order valence-corrected chi connectivity index (χ3v) is 3.08. The molecule has 0 spiro atoms. The highest BCUT2D eigenvalue weighted by atomic mass is 16.1. The molecule has 0 bridgehead atoms. The van der Waals surface area contributed by atoms with Crippen molar-refractivity contribution in [3.8, 4) is 0 Å². The molecule has 0 fully saturated rings. The van der Waals surface area contributed by atoms with Crippen LogP contribution in [-0.2, 0) is 4.79 Å². The quantitative estimate of drug-likeness (QED) is 0.507. The zero-order chi connectivity index (χ0) is 16.3. The Kier molecular flexibility index (Phi) is 4.22. The maximum Gasteiger partial charge on any atom is 0.248 e. The fourth-order valence-electron chi connectivity index (χ4n) is 2.04. The van der Waals surface area contributed by atoms with Crippen LogP contribution in [0, 0.1) is 5.41 Å². The summed E-state index contributed by atoms with van der Waals surface area (Å²) in [6, 6.07) is 11.4. The van der Waals surface area contributed by atoms with E-state index >= 15 is 0 Å². The first-order valence-electron chi connectivity index (χ1n) is 6.54. The third-order valence-electron chi connectivity index (χ3n) is 3.08. The third kappa shape index (κ3) is 3.29. The molecule has 6 N–H and O–H groups in total. The fraction of sp³-hybridized carbons (Fsp3) is 0.0625. The number of carbonyl (C=O) groups is 2. The maximum absolute atomic E-state index is 11.3. The minimum absolute atomic E-state index is 0.146. The van der Waals surface area contributed by atoms with Crippen LogP contribution in [0.5, 0.6) is 0 Å². The van der Waals surface area contributed by atoms with Crippen molar-refractivity contribution >= 4 is 28.9 Å². The van der Waals surface area contributed by atoms with Crippen molar-refractivity contribution < 1.29 is 9.59 Å². The molecule has 6 heteroatoms. The van der Waals surface area contributed by atoms with Gasteiger partial charge in [0.2, 0.25) is 11.8 Å². The molecular weight excluding hydrogens is 280 g/mol. The van der Waals surface area contributed by atoms with Gasteiger partial charge in [0, 0.05) is 35.0 Å². The van der Waals surface area contributed by atoms with E-state index in [1.807, 2.05) is 0 Å². The van der Waals surface area contributed by atoms with Crippen molar-refractivity contribution in [3.05, 3.63) is 59.2 Å². The summed E-state index contributed by atoms with van der Waals surface area (Å²) < 4.78 is 0. The fourth-order valence-corrected chi connectivity index (χ4v) is 2.04. The predicted octanol–water partition coefficient (Wildman–Crippen LogP) is 1.74. The number of nitrogen functional groups attached to an aromatic ring is 1. The zero-order valence-corrected chi connectivity index (χ0v) is 12.0. The molecule has 2 aromatic rings. The standard InChI is InChI=1S/C16H16N4O2/c1-9(21)20-12-4-2-3-10(7-12)15(18)13-8-11(16(19)22)5-6-14(13)17/h2-8,18H,17H2,1H3,(H2,19,22)(H,20,21). The van der Waals surface area contributed by atoms with E-state index in [9.17, 15) is 9.59 Å². The number of hydrogen-bond acceptors (Lipinski definition) is 4. The molecule has 112 valence electrons. The van der Waals surface area contributed by atoms with E-state index < -0.39 is 5.91 Å². The van der Waals surface area contributed by atoms with Gasteiger partial charge in [-0.25, -0.2) is 0 Å². The van der Waals surface area contributed by atoms with E-state index in [1.165, 1.54) is 19.1 Å². The van der Waals surface area contributed by atoms with Crippen molar-refractivity contribution in [2.24, 2.45) is 5.73 Å². The van der Waals surface area contributed by atoms with E-state index in [-0.39, 0.29) is 17.2 Å². The molecule has 22 heavy (non-hydrogen) atoms. The molecule has 0 aromatic heterocycles. The summed E-state index contributed by atoms with van der Waals surface area (Å²) in [6.45, 7) is 1.41. The van der Waals surface area contributed by atoms with Crippen LogP contribution in [0.15, 0.2) is 42.5 Å². The molecule has 0 atom stereocenters. The van der Waals surface area contributed by atoms with Crippen LogP contribution in [0.2, 0.25) is 0 Å². The van der Waals surface area contributed by atoms with E-state index in [0.717, 1.165) is 0 Å². The Hall–Kier alpha value is -3.15. The first-order valence-corrected chi connectivity index (χ1v) is 6.54. The molecule has 0 aliphatic rings. The Morgan fingerprint density at radius 2 is 1.82 bits per heavy atom. The van der Waals surface area contributed by atoms with Crippen molar-refractivity contribution in [1.82, 2.24) is 0 Å². The second-order valence-electron chi connectivity index (χ2n) is 4.80. The van der Waals surface area contributed by atoms with Crippen LogP contribution < -0.4 is 16.8 Å². The van der Waals surface area contributed by atoms with Crippen LogP contribution in [0.25, 0.3) is 0 Å². The Morgan fingerprint density at radius 3 is 2.45 bits per heavy atom. The van der Waals surface area contributed by atoms with Gasteiger partial charge in [0.1, 0.15) is 0 Å². The SMILES string of the molecule is CC(=O)Nc1cccc(C(=N)c2cc(C(N)=O)ccc2N)c1.